The molecule has 0 aromatic carbocycles. The van der Waals surface area contributed by atoms with E-state index in [4.69, 9.17) is 0 Å². The van der Waals surface area contributed by atoms with Gasteiger partial charge in [-0.25, -0.2) is 0 Å². The van der Waals surface area contributed by atoms with E-state index in [2.05, 4.69) is 13.0 Å². The number of hydrogen-bond donors (Lipinski definition) is 0. The van der Waals surface area contributed by atoms with Crippen LogP contribution in [-0.2, 0) is 4.79 Å². The zero-order valence-electron chi connectivity index (χ0n) is 9.42. The molecule has 0 aliphatic carbocycles. The number of unbranched alkanes of at least 4 members (excludes halogenated alkanes) is 3. The van der Waals surface area contributed by atoms with Crippen molar-refractivity contribution in [1.29, 1.82) is 0 Å². The van der Waals surface area contributed by atoms with Crippen molar-refractivity contribution in [3.8, 4) is 0 Å². The van der Waals surface area contributed by atoms with Crippen LogP contribution < -0.4 is 0 Å². The average molecular weight is 214 g/mol. The summed E-state index contributed by atoms with van der Waals surface area (Å²) in [6, 6.07) is 0. The Hall–Kier alpha value is -0.240. The molecule has 0 saturated carbocycles. The van der Waals surface area contributed by atoms with Crippen LogP contribution in [0.1, 0.15) is 45.4 Å². The molecule has 2 heteroatoms. The van der Waals surface area contributed by atoms with E-state index in [1.165, 1.54) is 19.3 Å². The summed E-state index contributed by atoms with van der Waals surface area (Å²) in [6.45, 7) is 2.20. The number of ketones is 1. The van der Waals surface area contributed by atoms with Crippen LogP contribution in [0.5, 0.6) is 0 Å². The number of hydrogen-bond acceptors (Lipinski definition) is 2. The van der Waals surface area contributed by atoms with Crippen molar-refractivity contribution in [3.05, 3.63) is 12.2 Å². The monoisotopic (exact) mass is 214 g/mol. The fraction of sp³-hybridized carbons (Fsp3) is 0.750. The van der Waals surface area contributed by atoms with Crippen molar-refractivity contribution in [2.75, 3.05) is 12.0 Å². The van der Waals surface area contributed by atoms with E-state index in [-0.39, 0.29) is 0 Å². The van der Waals surface area contributed by atoms with E-state index < -0.39 is 0 Å². The van der Waals surface area contributed by atoms with Crippen LogP contribution in [-0.4, -0.2) is 17.8 Å². The smallest absolute Gasteiger partial charge is 0.137 e. The van der Waals surface area contributed by atoms with Gasteiger partial charge in [-0.3, -0.25) is 4.79 Å². The highest BCUT2D eigenvalue weighted by Gasteiger charge is 1.96. The minimum absolute atomic E-state index is 0.367. The minimum atomic E-state index is 0.367. The van der Waals surface area contributed by atoms with Gasteiger partial charge in [0, 0.05) is 12.8 Å². The molecule has 14 heavy (non-hydrogen) atoms. The molecule has 0 fully saturated rings. The first-order valence-electron chi connectivity index (χ1n) is 5.47. The van der Waals surface area contributed by atoms with Crippen molar-refractivity contribution in [2.24, 2.45) is 0 Å². The molecule has 0 atom stereocenters. The molecule has 0 aromatic heterocycles. The quantitative estimate of drug-likeness (QED) is 0.428. The van der Waals surface area contributed by atoms with Gasteiger partial charge < -0.3 is 0 Å². The molecular formula is C12H22OS. The Morgan fingerprint density at radius 1 is 1.29 bits per heavy atom. The van der Waals surface area contributed by atoms with Crippen LogP contribution in [0.4, 0.5) is 0 Å². The van der Waals surface area contributed by atoms with Crippen LogP contribution in [0.3, 0.4) is 0 Å². The van der Waals surface area contributed by atoms with Gasteiger partial charge in [0.25, 0.3) is 0 Å². The van der Waals surface area contributed by atoms with E-state index in [1.807, 2.05) is 12.3 Å². The Morgan fingerprint density at radius 3 is 2.71 bits per heavy atom. The summed E-state index contributed by atoms with van der Waals surface area (Å²) >= 11 is 1.74. The van der Waals surface area contributed by atoms with E-state index in [0.717, 1.165) is 18.6 Å². The summed E-state index contributed by atoms with van der Waals surface area (Å²) in [7, 11) is 0. The predicted molar refractivity (Wildman–Crippen MR) is 65.9 cm³/mol. The second-order valence-corrected chi connectivity index (χ2v) is 4.44. The summed E-state index contributed by atoms with van der Waals surface area (Å²) in [5.41, 5.74) is 0. The summed E-state index contributed by atoms with van der Waals surface area (Å²) in [4.78, 5) is 11.2. The van der Waals surface area contributed by atoms with Crippen molar-refractivity contribution < 1.29 is 4.79 Å². The second kappa shape index (κ2) is 10.8. The van der Waals surface area contributed by atoms with Crippen molar-refractivity contribution in [3.63, 3.8) is 0 Å². The van der Waals surface area contributed by atoms with Gasteiger partial charge in [-0.2, -0.15) is 11.8 Å². The maximum Gasteiger partial charge on any atom is 0.137 e. The molecule has 0 unspecified atom stereocenters. The van der Waals surface area contributed by atoms with Crippen molar-refractivity contribution in [2.45, 2.75) is 45.4 Å². The largest absolute Gasteiger partial charge is 0.299 e. The lowest BCUT2D eigenvalue weighted by molar-refractivity contribution is -0.117. The lowest BCUT2D eigenvalue weighted by Crippen LogP contribution is -1.96. The lowest BCUT2D eigenvalue weighted by atomic mass is 10.1. The van der Waals surface area contributed by atoms with Gasteiger partial charge in [0.15, 0.2) is 0 Å². The molecule has 0 rings (SSSR count). The Morgan fingerprint density at radius 2 is 2.07 bits per heavy atom. The van der Waals surface area contributed by atoms with Crippen LogP contribution in [0.25, 0.3) is 0 Å². The summed E-state index contributed by atoms with van der Waals surface area (Å²) in [5.74, 6) is 1.33. The van der Waals surface area contributed by atoms with Gasteiger partial charge in [-0.05, 0) is 24.9 Å². The van der Waals surface area contributed by atoms with Gasteiger partial charge in [-0.1, -0.05) is 31.9 Å². The molecule has 0 bridgehead atoms. The Balaban J connectivity index is 3.27. The number of Topliss-reactive ketones (excluding diaryl/α,β-unsaturated/α-hetero) is 1. The van der Waals surface area contributed by atoms with Crippen molar-refractivity contribution >= 4 is 17.5 Å². The van der Waals surface area contributed by atoms with Crippen LogP contribution >= 0.6 is 11.8 Å². The summed E-state index contributed by atoms with van der Waals surface area (Å²) < 4.78 is 0. The molecule has 82 valence electrons. The third-order valence-electron chi connectivity index (χ3n) is 2.07. The number of carbonyl (C=O) groups excluding carboxylic acids is 1. The molecule has 0 amide bonds. The maximum absolute atomic E-state index is 11.2. The average Bonchev–Trinajstić information content (AvgIpc) is 2.20. The lowest BCUT2D eigenvalue weighted by Gasteiger charge is -1.94. The Bertz CT molecular complexity index is 164. The number of allylic oxidation sites excluding steroid dienone is 2. The maximum atomic E-state index is 11.2. The number of thioether (sulfide) groups is 1. The third kappa shape index (κ3) is 9.85. The normalized spacial score (nSPS) is 11.0. The van der Waals surface area contributed by atoms with E-state index in [1.54, 1.807) is 11.8 Å². The minimum Gasteiger partial charge on any atom is -0.299 e. The highest BCUT2D eigenvalue weighted by atomic mass is 32.2. The Kier molecular flexibility index (Phi) is 10.7. The van der Waals surface area contributed by atoms with Gasteiger partial charge in [-0.15, -0.1) is 0 Å². The predicted octanol–water partition coefficient (Wildman–Crippen LogP) is 3.84. The van der Waals surface area contributed by atoms with Gasteiger partial charge in [0.05, 0.1) is 0 Å². The molecule has 0 heterocycles. The molecule has 1 nitrogen and oxygen atoms in total. The number of carbonyl (C=O) groups is 1. The highest BCUT2D eigenvalue weighted by molar-refractivity contribution is 7.98. The van der Waals surface area contributed by atoms with Gasteiger partial charge in [0.1, 0.15) is 5.78 Å². The summed E-state index contributed by atoms with van der Waals surface area (Å²) in [6.07, 6.45) is 12.5. The van der Waals surface area contributed by atoms with Crippen LogP contribution in [0, 0.1) is 0 Å². The Labute approximate surface area is 92.3 Å². The topological polar surface area (TPSA) is 17.1 Å². The zero-order chi connectivity index (χ0) is 10.6. The SMILES string of the molecule is CCCCC/C=C/CC(=O)CCSC. The second-order valence-electron chi connectivity index (χ2n) is 3.45. The van der Waals surface area contributed by atoms with Crippen LogP contribution in [0.15, 0.2) is 12.2 Å². The number of rotatable bonds is 9. The standard InChI is InChI=1S/C12H22OS/c1-3-4-5-6-7-8-9-12(13)10-11-14-2/h7-8H,3-6,9-11H2,1-2H3/b8-7+. The van der Waals surface area contributed by atoms with Crippen molar-refractivity contribution in [1.82, 2.24) is 0 Å². The molecular weight excluding hydrogens is 192 g/mol. The molecule has 0 saturated heterocycles. The first-order valence-corrected chi connectivity index (χ1v) is 6.86. The van der Waals surface area contributed by atoms with Gasteiger partial charge in [0.2, 0.25) is 0 Å². The molecule has 0 aliphatic heterocycles. The molecule has 0 aromatic rings. The molecule has 0 radical (unpaired) electrons. The zero-order valence-corrected chi connectivity index (χ0v) is 10.2. The molecule has 0 aliphatic rings. The van der Waals surface area contributed by atoms with E-state index >= 15 is 0 Å². The first kappa shape index (κ1) is 13.8. The molecule has 0 N–H and O–H groups in total. The van der Waals surface area contributed by atoms with Gasteiger partial charge >= 0.3 is 0 Å². The van der Waals surface area contributed by atoms with Crippen LogP contribution in [0.2, 0.25) is 0 Å². The third-order valence-corrected chi connectivity index (χ3v) is 2.68. The first-order chi connectivity index (χ1) is 6.81. The summed E-state index contributed by atoms with van der Waals surface area (Å²) in [5, 5.41) is 0. The fourth-order valence-corrected chi connectivity index (χ4v) is 1.59. The van der Waals surface area contributed by atoms with E-state index in [0.29, 0.717) is 12.2 Å². The highest BCUT2D eigenvalue weighted by Crippen LogP contribution is 2.02. The van der Waals surface area contributed by atoms with E-state index in [9.17, 15) is 4.79 Å². The molecule has 0 spiro atoms. The fourth-order valence-electron chi connectivity index (χ4n) is 1.16.